The van der Waals surface area contributed by atoms with Crippen molar-refractivity contribution in [2.24, 2.45) is 0 Å². The summed E-state index contributed by atoms with van der Waals surface area (Å²) in [5.41, 5.74) is 0. The fourth-order valence-corrected chi connectivity index (χ4v) is 3.83. The summed E-state index contributed by atoms with van der Waals surface area (Å²) < 4.78 is 5.75. The van der Waals surface area contributed by atoms with Crippen molar-refractivity contribution in [1.29, 1.82) is 0 Å². The third-order valence-electron chi connectivity index (χ3n) is 4.80. The van der Waals surface area contributed by atoms with Crippen LogP contribution in [-0.4, -0.2) is 12.2 Å². The van der Waals surface area contributed by atoms with E-state index in [1.165, 1.54) is 10.8 Å². The fraction of sp³-hybridized carbons (Fsp3) is 0.0476. The first kappa shape index (κ1) is 12.5. The predicted octanol–water partition coefficient (Wildman–Crippen LogP) is 5.45. The largest absolute Gasteiger partial charge is 0.507 e. The van der Waals surface area contributed by atoms with Crippen LogP contribution in [0.4, 0.5) is 0 Å². The van der Waals surface area contributed by atoms with E-state index in [1.807, 2.05) is 18.2 Å². The lowest BCUT2D eigenvalue weighted by Gasteiger charge is -2.17. The molecular formula is C21H14O2. The highest BCUT2D eigenvalue weighted by atomic mass is 16.5. The van der Waals surface area contributed by atoms with Crippen LogP contribution in [0.25, 0.3) is 43.1 Å². The molecule has 0 unspecified atom stereocenters. The highest BCUT2D eigenvalue weighted by Crippen LogP contribution is 2.45. The fourth-order valence-electron chi connectivity index (χ4n) is 3.83. The maximum atomic E-state index is 10.3. The number of aromatic hydroxyl groups is 1. The minimum atomic E-state index is 0.319. The topological polar surface area (TPSA) is 29.5 Å². The first-order valence-corrected chi connectivity index (χ1v) is 7.65. The standard InChI is InChI=1S/C21H14O2/c1-23-21-15-5-3-2-4-13(15)14-9-10-16-18(22)11-7-12-6-8-17(21)20(14)19(12)16/h2-11,22H,1H3. The molecule has 0 aromatic heterocycles. The van der Waals surface area contributed by atoms with Gasteiger partial charge < -0.3 is 9.84 Å². The molecule has 5 rings (SSSR count). The number of hydrogen-bond donors (Lipinski definition) is 1. The van der Waals surface area contributed by atoms with Gasteiger partial charge in [-0.05, 0) is 34.4 Å². The van der Waals surface area contributed by atoms with E-state index in [9.17, 15) is 5.11 Å². The molecule has 0 saturated heterocycles. The molecule has 1 N–H and O–H groups in total. The molecule has 0 saturated carbocycles. The van der Waals surface area contributed by atoms with Crippen LogP contribution < -0.4 is 4.74 Å². The summed E-state index contributed by atoms with van der Waals surface area (Å²) in [6.45, 7) is 0. The molecule has 5 aromatic carbocycles. The SMILES string of the molecule is COc1c2ccccc2c2ccc3c(O)ccc4ccc1c2c43. The number of rotatable bonds is 1. The van der Waals surface area contributed by atoms with Crippen molar-refractivity contribution in [2.45, 2.75) is 0 Å². The van der Waals surface area contributed by atoms with E-state index in [0.29, 0.717) is 5.75 Å². The second kappa shape index (κ2) is 4.26. The first-order valence-electron chi connectivity index (χ1n) is 7.65. The van der Waals surface area contributed by atoms with Gasteiger partial charge in [0.25, 0.3) is 0 Å². The maximum absolute atomic E-state index is 10.3. The van der Waals surface area contributed by atoms with Gasteiger partial charge in [0.15, 0.2) is 0 Å². The second-order valence-corrected chi connectivity index (χ2v) is 5.91. The molecule has 0 aliphatic carbocycles. The van der Waals surface area contributed by atoms with Crippen molar-refractivity contribution in [3.63, 3.8) is 0 Å². The van der Waals surface area contributed by atoms with Crippen molar-refractivity contribution in [3.8, 4) is 11.5 Å². The van der Waals surface area contributed by atoms with E-state index in [4.69, 9.17) is 4.74 Å². The monoisotopic (exact) mass is 298 g/mol. The van der Waals surface area contributed by atoms with Crippen molar-refractivity contribution in [1.82, 2.24) is 0 Å². The molecule has 110 valence electrons. The molecule has 0 spiro atoms. The zero-order valence-electron chi connectivity index (χ0n) is 12.6. The van der Waals surface area contributed by atoms with E-state index in [1.54, 1.807) is 13.2 Å². The molecule has 0 amide bonds. The van der Waals surface area contributed by atoms with Gasteiger partial charge in [-0.3, -0.25) is 0 Å². The highest BCUT2D eigenvalue weighted by Gasteiger charge is 2.16. The Bertz CT molecular complexity index is 1200. The lowest BCUT2D eigenvalue weighted by molar-refractivity contribution is 0.424. The van der Waals surface area contributed by atoms with Crippen molar-refractivity contribution in [3.05, 3.63) is 60.7 Å². The van der Waals surface area contributed by atoms with Gasteiger partial charge in [0.2, 0.25) is 0 Å². The molecule has 0 atom stereocenters. The number of ether oxygens (including phenoxy) is 1. The Labute approximate surface area is 132 Å². The normalized spacial score (nSPS) is 11.9. The van der Waals surface area contributed by atoms with Crippen LogP contribution in [0, 0.1) is 0 Å². The molecule has 0 bridgehead atoms. The summed E-state index contributed by atoms with van der Waals surface area (Å²) in [6.07, 6.45) is 0. The van der Waals surface area contributed by atoms with Crippen molar-refractivity contribution < 1.29 is 9.84 Å². The average Bonchev–Trinajstić information content (AvgIpc) is 2.60. The van der Waals surface area contributed by atoms with Gasteiger partial charge in [0.1, 0.15) is 11.5 Å². The van der Waals surface area contributed by atoms with E-state index < -0.39 is 0 Å². The van der Waals surface area contributed by atoms with Crippen LogP contribution in [0.15, 0.2) is 60.7 Å². The lowest BCUT2D eigenvalue weighted by Crippen LogP contribution is -1.91. The third kappa shape index (κ3) is 1.48. The number of phenols is 1. The summed E-state index contributed by atoms with van der Waals surface area (Å²) in [5.74, 6) is 1.21. The van der Waals surface area contributed by atoms with Gasteiger partial charge in [0, 0.05) is 26.9 Å². The minimum absolute atomic E-state index is 0.319. The number of phenolic OH excluding ortho intramolecular Hbond substituents is 1. The molecule has 0 aliphatic rings. The molecular weight excluding hydrogens is 284 g/mol. The van der Waals surface area contributed by atoms with Crippen molar-refractivity contribution >= 4 is 43.1 Å². The van der Waals surface area contributed by atoms with Gasteiger partial charge in [-0.25, -0.2) is 0 Å². The lowest BCUT2D eigenvalue weighted by atomic mass is 9.90. The van der Waals surface area contributed by atoms with Crippen LogP contribution in [0.3, 0.4) is 0 Å². The first-order chi connectivity index (χ1) is 11.3. The van der Waals surface area contributed by atoms with E-state index in [0.717, 1.165) is 38.1 Å². The zero-order valence-corrected chi connectivity index (χ0v) is 12.6. The van der Waals surface area contributed by atoms with Gasteiger partial charge >= 0.3 is 0 Å². The van der Waals surface area contributed by atoms with Gasteiger partial charge in [-0.15, -0.1) is 0 Å². The Hall–Kier alpha value is -3.00. The van der Waals surface area contributed by atoms with Crippen LogP contribution in [0.1, 0.15) is 0 Å². The van der Waals surface area contributed by atoms with Crippen LogP contribution in [0.5, 0.6) is 11.5 Å². The van der Waals surface area contributed by atoms with Crippen LogP contribution in [0.2, 0.25) is 0 Å². The Morgan fingerprint density at radius 1 is 0.652 bits per heavy atom. The molecule has 23 heavy (non-hydrogen) atoms. The summed E-state index contributed by atoms with van der Waals surface area (Å²) in [5, 5.41) is 19.1. The Morgan fingerprint density at radius 2 is 1.35 bits per heavy atom. The van der Waals surface area contributed by atoms with Gasteiger partial charge in [-0.2, -0.15) is 0 Å². The summed E-state index contributed by atoms with van der Waals surface area (Å²) in [7, 11) is 1.72. The Morgan fingerprint density at radius 3 is 2.17 bits per heavy atom. The number of benzene rings is 5. The quantitative estimate of drug-likeness (QED) is 0.329. The molecule has 2 nitrogen and oxygen atoms in total. The van der Waals surface area contributed by atoms with E-state index in [-0.39, 0.29) is 0 Å². The molecule has 0 heterocycles. The van der Waals surface area contributed by atoms with Gasteiger partial charge in [0.05, 0.1) is 7.11 Å². The molecule has 5 aromatic rings. The molecule has 2 heteroatoms. The summed E-state index contributed by atoms with van der Waals surface area (Å²) >= 11 is 0. The maximum Gasteiger partial charge on any atom is 0.134 e. The molecule has 0 aliphatic heterocycles. The third-order valence-corrected chi connectivity index (χ3v) is 4.80. The molecule has 0 fully saturated rings. The smallest absolute Gasteiger partial charge is 0.134 e. The van der Waals surface area contributed by atoms with E-state index >= 15 is 0 Å². The zero-order chi connectivity index (χ0) is 15.6. The van der Waals surface area contributed by atoms with Crippen LogP contribution >= 0.6 is 0 Å². The predicted molar refractivity (Wildman–Crippen MR) is 95.9 cm³/mol. The number of fused-ring (bicyclic) bond motifs is 2. The Kier molecular flexibility index (Phi) is 2.32. The molecule has 0 radical (unpaired) electrons. The van der Waals surface area contributed by atoms with Crippen molar-refractivity contribution in [2.75, 3.05) is 7.11 Å². The average molecular weight is 298 g/mol. The van der Waals surface area contributed by atoms with E-state index in [2.05, 4.69) is 36.4 Å². The Balaban J connectivity index is 2.22. The number of hydrogen-bond acceptors (Lipinski definition) is 2. The minimum Gasteiger partial charge on any atom is -0.507 e. The van der Waals surface area contributed by atoms with Gasteiger partial charge in [-0.1, -0.05) is 42.5 Å². The van der Waals surface area contributed by atoms with Crippen LogP contribution in [-0.2, 0) is 0 Å². The highest BCUT2D eigenvalue weighted by molar-refractivity contribution is 6.31. The number of methoxy groups -OCH3 is 1. The summed E-state index contributed by atoms with van der Waals surface area (Å²) in [4.78, 5) is 0. The second-order valence-electron chi connectivity index (χ2n) is 5.91. The summed E-state index contributed by atoms with van der Waals surface area (Å²) in [6, 6.07) is 20.4.